The second kappa shape index (κ2) is 19.0. The van der Waals surface area contributed by atoms with Crippen LogP contribution >= 0.6 is 0 Å². The predicted molar refractivity (Wildman–Crippen MR) is 117 cm³/mol. The molecule has 3 nitrogen and oxygen atoms in total. The Hall–Kier alpha value is -1.38. The molecule has 0 aromatic carbocycles. The quantitative estimate of drug-likeness (QED) is 0.148. The lowest BCUT2D eigenvalue weighted by molar-refractivity contribution is -0.686. The van der Waals surface area contributed by atoms with E-state index in [-0.39, 0.29) is 5.97 Å². The van der Waals surface area contributed by atoms with Crippen molar-refractivity contribution < 1.29 is 14.1 Å². The highest BCUT2D eigenvalue weighted by Crippen LogP contribution is 2.13. The first-order valence-corrected chi connectivity index (χ1v) is 11.9. The van der Waals surface area contributed by atoms with Gasteiger partial charge < -0.3 is 4.74 Å². The van der Waals surface area contributed by atoms with Crippen LogP contribution in [-0.4, -0.2) is 12.6 Å². The number of carbonyl (C=O) groups excluding carboxylic acids is 1. The predicted octanol–water partition coefficient (Wildman–Crippen LogP) is 6.78. The van der Waals surface area contributed by atoms with E-state index in [4.69, 9.17) is 4.74 Å². The number of nitrogens with zero attached hydrogens (tertiary/aromatic N) is 1. The molecule has 0 aliphatic carbocycles. The summed E-state index contributed by atoms with van der Waals surface area (Å²) < 4.78 is 7.15. The third-order valence-electron chi connectivity index (χ3n) is 5.35. The number of hydrogen-bond donors (Lipinski definition) is 0. The maximum atomic E-state index is 11.7. The number of esters is 1. The fraction of sp³-hybridized carbons (Fsp3) is 0.760. The number of hydrogen-bond acceptors (Lipinski definition) is 2. The Morgan fingerprint density at radius 3 is 1.54 bits per heavy atom. The van der Waals surface area contributed by atoms with Crippen LogP contribution in [0.1, 0.15) is 110 Å². The molecule has 1 heterocycles. The highest BCUT2D eigenvalue weighted by Gasteiger charge is 2.09. The Bertz CT molecular complexity index is 461. The second-order valence-corrected chi connectivity index (χ2v) is 8.07. The average molecular weight is 391 g/mol. The van der Waals surface area contributed by atoms with Crippen molar-refractivity contribution in [3.05, 3.63) is 30.6 Å². The molecule has 0 aliphatic rings. The zero-order chi connectivity index (χ0) is 20.1. The van der Waals surface area contributed by atoms with E-state index in [0.29, 0.717) is 13.2 Å². The minimum atomic E-state index is -0.142. The Morgan fingerprint density at radius 2 is 1.07 bits per heavy atom. The number of carbonyl (C=O) groups is 1. The molecule has 1 aromatic heterocycles. The largest absolute Gasteiger partial charge is 0.461 e. The van der Waals surface area contributed by atoms with E-state index in [2.05, 4.69) is 6.92 Å². The van der Waals surface area contributed by atoms with Crippen molar-refractivity contribution in [1.82, 2.24) is 0 Å². The van der Waals surface area contributed by atoms with E-state index < -0.39 is 0 Å². The van der Waals surface area contributed by atoms with Gasteiger partial charge in [-0.15, -0.1) is 0 Å². The Labute approximate surface area is 173 Å². The number of aromatic nitrogens is 1. The zero-order valence-electron chi connectivity index (χ0n) is 18.4. The maximum absolute atomic E-state index is 11.7. The second-order valence-electron chi connectivity index (χ2n) is 8.07. The van der Waals surface area contributed by atoms with E-state index in [1.807, 2.05) is 35.2 Å². The van der Waals surface area contributed by atoms with Crippen molar-refractivity contribution in [3.8, 4) is 0 Å². The molecular weight excluding hydrogens is 346 g/mol. The summed E-state index contributed by atoms with van der Waals surface area (Å²) in [4.78, 5) is 11.7. The van der Waals surface area contributed by atoms with Gasteiger partial charge in [0.1, 0.15) is 0 Å². The van der Waals surface area contributed by atoms with Crippen LogP contribution in [-0.2, 0) is 16.1 Å². The van der Waals surface area contributed by atoms with E-state index in [0.717, 1.165) is 6.42 Å². The Morgan fingerprint density at radius 1 is 0.643 bits per heavy atom. The van der Waals surface area contributed by atoms with Gasteiger partial charge in [0.2, 0.25) is 6.54 Å². The number of rotatable bonds is 19. The van der Waals surface area contributed by atoms with Gasteiger partial charge in [-0.25, -0.2) is 4.79 Å². The normalized spacial score (nSPS) is 10.9. The smallest absolute Gasteiger partial charge is 0.372 e. The first-order valence-electron chi connectivity index (χ1n) is 11.9. The van der Waals surface area contributed by atoms with E-state index in [1.165, 1.54) is 96.3 Å². The molecule has 3 heteroatoms. The minimum absolute atomic E-state index is 0.142. The molecule has 28 heavy (non-hydrogen) atoms. The third kappa shape index (κ3) is 15.7. The highest BCUT2D eigenvalue weighted by molar-refractivity contribution is 5.67. The van der Waals surface area contributed by atoms with Gasteiger partial charge in [0, 0.05) is 12.1 Å². The van der Waals surface area contributed by atoms with E-state index >= 15 is 0 Å². The molecule has 0 N–H and O–H groups in total. The van der Waals surface area contributed by atoms with Crippen LogP contribution in [0.3, 0.4) is 0 Å². The molecule has 0 atom stereocenters. The fourth-order valence-electron chi connectivity index (χ4n) is 3.57. The molecule has 0 unspecified atom stereocenters. The van der Waals surface area contributed by atoms with E-state index in [9.17, 15) is 4.79 Å². The summed E-state index contributed by atoms with van der Waals surface area (Å²) in [6, 6.07) is 5.78. The summed E-state index contributed by atoms with van der Waals surface area (Å²) >= 11 is 0. The SMILES string of the molecule is CCCCCCCCCCCCCCCCCCOC(=O)C[n+]1ccccc1. The van der Waals surface area contributed by atoms with Crippen LogP contribution in [0.2, 0.25) is 0 Å². The molecule has 0 saturated carbocycles. The van der Waals surface area contributed by atoms with Crippen LogP contribution in [0.25, 0.3) is 0 Å². The Balaban J connectivity index is 1.74. The monoisotopic (exact) mass is 390 g/mol. The molecule has 1 aromatic rings. The van der Waals surface area contributed by atoms with Crippen LogP contribution in [0.4, 0.5) is 0 Å². The van der Waals surface area contributed by atoms with Crippen molar-refractivity contribution in [2.75, 3.05) is 6.61 Å². The molecule has 0 radical (unpaired) electrons. The van der Waals surface area contributed by atoms with Crippen molar-refractivity contribution in [2.24, 2.45) is 0 Å². The molecule has 0 spiro atoms. The summed E-state index contributed by atoms with van der Waals surface area (Å²) in [5.41, 5.74) is 0. The van der Waals surface area contributed by atoms with Crippen LogP contribution in [0.5, 0.6) is 0 Å². The molecule has 0 aliphatic heterocycles. The number of pyridine rings is 1. The van der Waals surface area contributed by atoms with Crippen LogP contribution in [0.15, 0.2) is 30.6 Å². The van der Waals surface area contributed by atoms with Crippen molar-refractivity contribution >= 4 is 5.97 Å². The van der Waals surface area contributed by atoms with Gasteiger partial charge in [-0.05, 0) is 6.42 Å². The first-order chi connectivity index (χ1) is 13.8. The molecule has 0 saturated heterocycles. The molecule has 0 amide bonds. The summed E-state index contributed by atoms with van der Waals surface area (Å²) in [6.07, 6.45) is 25.5. The van der Waals surface area contributed by atoms with Gasteiger partial charge >= 0.3 is 5.97 Å². The van der Waals surface area contributed by atoms with E-state index in [1.54, 1.807) is 0 Å². The lowest BCUT2D eigenvalue weighted by Gasteiger charge is -2.04. The topological polar surface area (TPSA) is 30.2 Å². The van der Waals surface area contributed by atoms with Crippen molar-refractivity contribution in [3.63, 3.8) is 0 Å². The minimum Gasteiger partial charge on any atom is -0.461 e. The number of unbranched alkanes of at least 4 members (excludes halogenated alkanes) is 15. The first kappa shape index (κ1) is 24.7. The van der Waals surface area contributed by atoms with Gasteiger partial charge in [0.25, 0.3) is 0 Å². The van der Waals surface area contributed by atoms with Crippen LogP contribution in [0, 0.1) is 0 Å². The Kier molecular flexibility index (Phi) is 16.7. The molecule has 1 rings (SSSR count). The fourth-order valence-corrected chi connectivity index (χ4v) is 3.57. The molecular formula is C25H44NO2+. The summed E-state index contributed by atoms with van der Waals surface area (Å²) in [6.45, 7) is 3.15. The molecule has 0 bridgehead atoms. The summed E-state index contributed by atoms with van der Waals surface area (Å²) in [5, 5.41) is 0. The third-order valence-corrected chi connectivity index (χ3v) is 5.35. The van der Waals surface area contributed by atoms with Crippen molar-refractivity contribution in [2.45, 2.75) is 116 Å². The van der Waals surface area contributed by atoms with Gasteiger partial charge in [-0.1, -0.05) is 109 Å². The van der Waals surface area contributed by atoms with Crippen LogP contribution < -0.4 is 4.57 Å². The van der Waals surface area contributed by atoms with Gasteiger partial charge in [-0.3, -0.25) is 0 Å². The standard InChI is InChI=1S/C25H44NO2/c1-2-3-4-5-6-7-8-9-10-11-12-13-14-15-16-20-23-28-25(27)24-26-21-18-17-19-22-26/h17-19,21-22H,2-16,20,23-24H2,1H3/q+1. The summed E-state index contributed by atoms with van der Waals surface area (Å²) in [5.74, 6) is -0.142. The van der Waals surface area contributed by atoms with Gasteiger partial charge in [0.15, 0.2) is 12.4 Å². The lowest BCUT2D eigenvalue weighted by Crippen LogP contribution is -2.37. The van der Waals surface area contributed by atoms with Gasteiger partial charge in [-0.2, -0.15) is 4.57 Å². The van der Waals surface area contributed by atoms with Crippen molar-refractivity contribution in [1.29, 1.82) is 0 Å². The van der Waals surface area contributed by atoms with Gasteiger partial charge in [0.05, 0.1) is 6.61 Å². The number of ether oxygens (including phenoxy) is 1. The zero-order valence-corrected chi connectivity index (χ0v) is 18.4. The maximum Gasteiger partial charge on any atom is 0.372 e. The summed E-state index contributed by atoms with van der Waals surface area (Å²) in [7, 11) is 0. The average Bonchev–Trinajstić information content (AvgIpc) is 2.71. The highest BCUT2D eigenvalue weighted by atomic mass is 16.5. The molecule has 0 fully saturated rings. The lowest BCUT2D eigenvalue weighted by atomic mass is 10.0. The molecule has 160 valence electrons.